The van der Waals surface area contributed by atoms with Gasteiger partial charge in [0, 0.05) is 32.7 Å². The zero-order valence-corrected chi connectivity index (χ0v) is 18.2. The SMILES string of the molecule is CN(C)C(=O)[C@H](Cc1ccccc1)NC(=O)[C@H]1O[C@@H]1C(=O)Nc1ccccc1CN.Cl. The molecule has 31 heavy (non-hydrogen) atoms. The number of amides is 3. The van der Waals surface area contributed by atoms with Gasteiger partial charge in [0.25, 0.3) is 11.8 Å². The van der Waals surface area contributed by atoms with Crippen LogP contribution in [0, 0.1) is 0 Å². The Balaban J connectivity index is 0.00000341. The lowest BCUT2D eigenvalue weighted by molar-refractivity contribution is -0.134. The Morgan fingerprint density at radius 3 is 2.26 bits per heavy atom. The number of hydrogen-bond acceptors (Lipinski definition) is 5. The van der Waals surface area contributed by atoms with Crippen LogP contribution in [-0.4, -0.2) is 55.0 Å². The maximum atomic E-state index is 12.6. The number of benzene rings is 2. The average Bonchev–Trinajstić information content (AvgIpc) is 3.55. The van der Waals surface area contributed by atoms with Crippen molar-refractivity contribution in [3.05, 3.63) is 65.7 Å². The Morgan fingerprint density at radius 2 is 1.61 bits per heavy atom. The first-order valence-electron chi connectivity index (χ1n) is 9.70. The van der Waals surface area contributed by atoms with Crippen LogP contribution in [0.1, 0.15) is 11.1 Å². The van der Waals surface area contributed by atoms with Gasteiger partial charge in [0.15, 0.2) is 12.2 Å². The Kier molecular flexibility index (Phi) is 8.56. The largest absolute Gasteiger partial charge is 0.349 e. The maximum absolute atomic E-state index is 12.6. The van der Waals surface area contributed by atoms with E-state index in [1.807, 2.05) is 42.5 Å². The van der Waals surface area contributed by atoms with E-state index in [2.05, 4.69) is 10.6 Å². The number of nitrogens with zero attached hydrogens (tertiary/aromatic N) is 1. The van der Waals surface area contributed by atoms with E-state index in [1.54, 1.807) is 26.2 Å². The second-order valence-electron chi connectivity index (χ2n) is 7.31. The third-order valence-corrected chi connectivity index (χ3v) is 4.84. The van der Waals surface area contributed by atoms with Gasteiger partial charge in [-0.15, -0.1) is 12.4 Å². The van der Waals surface area contributed by atoms with Gasteiger partial charge in [0.2, 0.25) is 5.91 Å². The molecule has 0 aromatic heterocycles. The Bertz CT molecular complexity index is 923. The van der Waals surface area contributed by atoms with Crippen LogP contribution in [0.15, 0.2) is 54.6 Å². The van der Waals surface area contributed by atoms with Crippen LogP contribution >= 0.6 is 12.4 Å². The van der Waals surface area contributed by atoms with Crippen LogP contribution in [0.25, 0.3) is 0 Å². The number of anilines is 1. The molecule has 0 unspecified atom stereocenters. The lowest BCUT2D eigenvalue weighted by Crippen LogP contribution is -2.49. The van der Waals surface area contributed by atoms with Crippen molar-refractivity contribution in [3.63, 3.8) is 0 Å². The highest BCUT2D eigenvalue weighted by Crippen LogP contribution is 2.25. The summed E-state index contributed by atoms with van der Waals surface area (Å²) in [5, 5.41) is 5.47. The number of ether oxygens (including phenoxy) is 1. The molecule has 1 fully saturated rings. The zero-order valence-electron chi connectivity index (χ0n) is 17.4. The summed E-state index contributed by atoms with van der Waals surface area (Å²) < 4.78 is 5.30. The molecule has 9 heteroatoms. The molecule has 8 nitrogen and oxygen atoms in total. The first-order valence-corrected chi connectivity index (χ1v) is 9.70. The summed E-state index contributed by atoms with van der Waals surface area (Å²) in [6, 6.07) is 15.8. The molecule has 1 heterocycles. The summed E-state index contributed by atoms with van der Waals surface area (Å²) in [5.74, 6) is -1.14. The molecule has 3 atom stereocenters. The molecule has 0 bridgehead atoms. The molecule has 166 valence electrons. The third kappa shape index (κ3) is 6.27. The summed E-state index contributed by atoms with van der Waals surface area (Å²) in [4.78, 5) is 39.0. The first-order chi connectivity index (χ1) is 14.4. The number of epoxide rings is 1. The quantitative estimate of drug-likeness (QED) is 0.525. The number of nitrogens with two attached hydrogens (primary N) is 1. The lowest BCUT2D eigenvalue weighted by atomic mass is 10.0. The predicted octanol–water partition coefficient (Wildman–Crippen LogP) is 1.09. The topological polar surface area (TPSA) is 117 Å². The van der Waals surface area contributed by atoms with Gasteiger partial charge >= 0.3 is 0 Å². The number of likely N-dealkylation sites (N-methyl/N-ethyl adjacent to an activating group) is 1. The molecule has 2 aromatic carbocycles. The third-order valence-electron chi connectivity index (χ3n) is 4.84. The van der Waals surface area contributed by atoms with Crippen molar-refractivity contribution >= 4 is 35.8 Å². The average molecular weight is 447 g/mol. The van der Waals surface area contributed by atoms with E-state index < -0.39 is 30.1 Å². The van der Waals surface area contributed by atoms with Crippen LogP contribution in [0.4, 0.5) is 5.69 Å². The van der Waals surface area contributed by atoms with Crippen LogP contribution in [0.5, 0.6) is 0 Å². The number of halogens is 1. The van der Waals surface area contributed by atoms with Crippen LogP contribution in [0.2, 0.25) is 0 Å². The summed E-state index contributed by atoms with van der Waals surface area (Å²) in [5.41, 5.74) is 7.97. The second kappa shape index (κ2) is 10.9. The van der Waals surface area contributed by atoms with Crippen molar-refractivity contribution in [2.24, 2.45) is 5.73 Å². The van der Waals surface area contributed by atoms with E-state index >= 15 is 0 Å². The van der Waals surface area contributed by atoms with Crippen molar-refractivity contribution in [2.75, 3.05) is 19.4 Å². The molecule has 2 aromatic rings. The van der Waals surface area contributed by atoms with Crippen molar-refractivity contribution in [1.82, 2.24) is 10.2 Å². The molecule has 3 amide bonds. The van der Waals surface area contributed by atoms with Crippen molar-refractivity contribution in [2.45, 2.75) is 31.2 Å². The fourth-order valence-corrected chi connectivity index (χ4v) is 3.15. The molecular weight excluding hydrogens is 420 g/mol. The minimum absolute atomic E-state index is 0. The van der Waals surface area contributed by atoms with Crippen LogP contribution in [-0.2, 0) is 32.1 Å². The second-order valence-corrected chi connectivity index (χ2v) is 7.31. The Labute approximate surface area is 187 Å². The van der Waals surface area contributed by atoms with Gasteiger partial charge in [0.1, 0.15) is 6.04 Å². The van der Waals surface area contributed by atoms with Gasteiger partial charge in [-0.1, -0.05) is 48.5 Å². The number of para-hydroxylation sites is 1. The number of hydrogen-bond donors (Lipinski definition) is 3. The number of carbonyl (C=O) groups excluding carboxylic acids is 3. The van der Waals surface area contributed by atoms with E-state index in [-0.39, 0.29) is 24.9 Å². The van der Waals surface area contributed by atoms with E-state index in [9.17, 15) is 14.4 Å². The van der Waals surface area contributed by atoms with Gasteiger partial charge in [-0.2, -0.15) is 0 Å². The van der Waals surface area contributed by atoms with E-state index in [0.717, 1.165) is 11.1 Å². The molecular formula is C22H27ClN4O4. The van der Waals surface area contributed by atoms with Gasteiger partial charge in [-0.25, -0.2) is 0 Å². The fourth-order valence-electron chi connectivity index (χ4n) is 3.15. The first kappa shape index (κ1) is 24.3. The predicted molar refractivity (Wildman–Crippen MR) is 120 cm³/mol. The summed E-state index contributed by atoms with van der Waals surface area (Å²) >= 11 is 0. The lowest BCUT2D eigenvalue weighted by Gasteiger charge is -2.21. The summed E-state index contributed by atoms with van der Waals surface area (Å²) in [7, 11) is 3.26. The van der Waals surface area contributed by atoms with Gasteiger partial charge in [-0.3, -0.25) is 14.4 Å². The van der Waals surface area contributed by atoms with Crippen LogP contribution in [0.3, 0.4) is 0 Å². The normalized spacial score (nSPS) is 17.6. The molecule has 0 saturated carbocycles. The maximum Gasteiger partial charge on any atom is 0.256 e. The molecule has 1 saturated heterocycles. The van der Waals surface area contributed by atoms with Crippen molar-refractivity contribution in [1.29, 1.82) is 0 Å². The standard InChI is InChI=1S/C22H26N4O4.ClH/c1-26(2)22(29)17(12-14-8-4-3-5-9-14)25-21(28)19-18(30-19)20(27)24-16-11-7-6-10-15(16)13-23;/h3-11,17-19H,12-13,23H2,1-2H3,(H,24,27)(H,25,28);1H/t17-,18-,19-;/m0./s1. The fraction of sp³-hybridized carbons (Fsp3) is 0.318. The zero-order chi connectivity index (χ0) is 21.7. The molecule has 1 aliphatic rings. The van der Waals surface area contributed by atoms with E-state index in [1.165, 1.54) is 4.90 Å². The molecule has 1 aliphatic heterocycles. The number of rotatable bonds is 8. The minimum atomic E-state index is -0.928. The smallest absolute Gasteiger partial charge is 0.256 e. The minimum Gasteiger partial charge on any atom is -0.349 e. The molecule has 0 radical (unpaired) electrons. The molecule has 0 spiro atoms. The highest BCUT2D eigenvalue weighted by molar-refractivity contribution is 6.02. The molecule has 0 aliphatic carbocycles. The molecule has 4 N–H and O–H groups in total. The van der Waals surface area contributed by atoms with Gasteiger partial charge in [-0.05, 0) is 17.2 Å². The highest BCUT2D eigenvalue weighted by Gasteiger charge is 2.51. The van der Waals surface area contributed by atoms with E-state index in [0.29, 0.717) is 12.1 Å². The molecule has 3 rings (SSSR count). The Morgan fingerprint density at radius 1 is 1.00 bits per heavy atom. The monoisotopic (exact) mass is 446 g/mol. The Hall–Kier alpha value is -2.94. The summed E-state index contributed by atoms with van der Waals surface area (Å²) in [6.07, 6.45) is -1.48. The van der Waals surface area contributed by atoms with Crippen molar-refractivity contribution < 1.29 is 19.1 Å². The summed E-state index contributed by atoms with van der Waals surface area (Å²) in [6.45, 7) is 0.277. The van der Waals surface area contributed by atoms with Crippen LogP contribution < -0.4 is 16.4 Å². The number of nitrogens with one attached hydrogen (secondary N) is 2. The van der Waals surface area contributed by atoms with Crippen molar-refractivity contribution in [3.8, 4) is 0 Å². The highest BCUT2D eigenvalue weighted by atomic mass is 35.5. The van der Waals surface area contributed by atoms with E-state index in [4.69, 9.17) is 10.5 Å². The van der Waals surface area contributed by atoms with Gasteiger partial charge in [0.05, 0.1) is 0 Å². The van der Waals surface area contributed by atoms with Gasteiger partial charge < -0.3 is 26.0 Å². The number of carbonyl (C=O) groups is 3.